The highest BCUT2D eigenvalue weighted by Gasteiger charge is 2.20. The molecule has 0 aliphatic heterocycles. The molecule has 1 aliphatic carbocycles. The highest BCUT2D eigenvalue weighted by atomic mass is 35.5. The third-order valence-electron chi connectivity index (χ3n) is 2.94. The second-order valence-corrected chi connectivity index (χ2v) is 4.28. The van der Waals surface area contributed by atoms with Crippen molar-refractivity contribution in [2.45, 2.75) is 25.8 Å². The van der Waals surface area contributed by atoms with E-state index in [-0.39, 0.29) is 0 Å². The van der Waals surface area contributed by atoms with Gasteiger partial charge in [-0.2, -0.15) is 0 Å². The maximum Gasteiger partial charge on any atom is 0.142 e. The Morgan fingerprint density at radius 2 is 2.27 bits per heavy atom. The molecule has 1 aromatic rings. The number of aryl methyl sites for hydroxylation is 1. The van der Waals surface area contributed by atoms with Crippen molar-refractivity contribution in [2.24, 2.45) is 0 Å². The first-order valence-electron chi connectivity index (χ1n) is 5.29. The molecule has 1 aromatic carbocycles. The lowest BCUT2D eigenvalue weighted by atomic mass is 10.0. The maximum atomic E-state index is 6.34. The van der Waals surface area contributed by atoms with E-state index in [0.29, 0.717) is 0 Å². The van der Waals surface area contributed by atoms with Crippen LogP contribution in [0.3, 0.4) is 0 Å². The third kappa shape index (κ3) is 1.84. The van der Waals surface area contributed by atoms with Gasteiger partial charge in [0.2, 0.25) is 0 Å². The summed E-state index contributed by atoms with van der Waals surface area (Å²) in [6.07, 6.45) is 3.45. The number of hydrogen-bond donors (Lipinski definition) is 1. The minimum Gasteiger partial charge on any atom is -0.495 e. The van der Waals surface area contributed by atoms with Gasteiger partial charge < -0.3 is 10.1 Å². The molecule has 0 aromatic heterocycles. The van der Waals surface area contributed by atoms with Crippen molar-refractivity contribution in [3.05, 3.63) is 27.8 Å². The fraction of sp³-hybridized carbons (Fsp3) is 0.500. The van der Waals surface area contributed by atoms with Crippen molar-refractivity contribution in [1.82, 2.24) is 5.32 Å². The van der Waals surface area contributed by atoms with Crippen molar-refractivity contribution in [3.8, 4) is 5.75 Å². The smallest absolute Gasteiger partial charge is 0.142 e. The fourth-order valence-corrected chi connectivity index (χ4v) is 2.69. The molecular formula is C12H16ClNO. The Hall–Kier alpha value is -0.730. The van der Waals surface area contributed by atoms with Crippen LogP contribution in [0.15, 0.2) is 6.07 Å². The lowest BCUT2D eigenvalue weighted by Gasteiger charge is -2.14. The van der Waals surface area contributed by atoms with Crippen molar-refractivity contribution >= 4 is 11.6 Å². The van der Waals surface area contributed by atoms with Crippen LogP contribution in [0.1, 0.15) is 23.1 Å². The predicted molar refractivity (Wildman–Crippen MR) is 62.8 cm³/mol. The number of methoxy groups -OCH3 is 1. The summed E-state index contributed by atoms with van der Waals surface area (Å²) in [6.45, 7) is 0.802. The van der Waals surface area contributed by atoms with Gasteiger partial charge in [0, 0.05) is 12.1 Å². The van der Waals surface area contributed by atoms with Crippen molar-refractivity contribution in [3.63, 3.8) is 0 Å². The number of halogens is 1. The second kappa shape index (κ2) is 4.42. The summed E-state index contributed by atoms with van der Waals surface area (Å²) >= 11 is 6.34. The molecule has 0 heterocycles. The van der Waals surface area contributed by atoms with E-state index in [4.69, 9.17) is 16.3 Å². The SMILES string of the molecule is CNCc1cc2c(c(Cl)c1OC)CCC2. The Bertz CT molecular complexity index is 376. The normalized spacial score (nSPS) is 14.1. The highest BCUT2D eigenvalue weighted by Crippen LogP contribution is 2.38. The van der Waals surface area contributed by atoms with Gasteiger partial charge >= 0.3 is 0 Å². The van der Waals surface area contributed by atoms with E-state index >= 15 is 0 Å². The molecule has 0 saturated heterocycles. The molecule has 0 fully saturated rings. The number of hydrogen-bond acceptors (Lipinski definition) is 2. The molecular weight excluding hydrogens is 210 g/mol. The van der Waals surface area contributed by atoms with Crippen LogP contribution in [0.5, 0.6) is 5.75 Å². The lowest BCUT2D eigenvalue weighted by Crippen LogP contribution is -2.08. The summed E-state index contributed by atoms with van der Waals surface area (Å²) in [4.78, 5) is 0. The monoisotopic (exact) mass is 225 g/mol. The average Bonchev–Trinajstić information content (AvgIpc) is 2.67. The summed E-state index contributed by atoms with van der Waals surface area (Å²) in [5, 5.41) is 3.96. The molecule has 0 unspecified atom stereocenters. The van der Waals surface area contributed by atoms with Gasteiger partial charge in [0.25, 0.3) is 0 Å². The van der Waals surface area contributed by atoms with Crippen molar-refractivity contribution in [1.29, 1.82) is 0 Å². The molecule has 2 rings (SSSR count). The van der Waals surface area contributed by atoms with Crippen LogP contribution in [-0.4, -0.2) is 14.2 Å². The van der Waals surface area contributed by atoms with Crippen LogP contribution >= 0.6 is 11.6 Å². The molecule has 1 N–H and O–H groups in total. The van der Waals surface area contributed by atoms with Crippen LogP contribution in [0, 0.1) is 0 Å². The van der Waals surface area contributed by atoms with E-state index in [0.717, 1.165) is 35.7 Å². The van der Waals surface area contributed by atoms with Crippen LogP contribution in [0.25, 0.3) is 0 Å². The van der Waals surface area contributed by atoms with Crippen molar-refractivity contribution < 1.29 is 4.74 Å². The van der Waals surface area contributed by atoms with E-state index in [1.807, 2.05) is 7.05 Å². The van der Waals surface area contributed by atoms with Gasteiger partial charge in [-0.25, -0.2) is 0 Å². The fourth-order valence-electron chi connectivity index (χ4n) is 2.27. The summed E-state index contributed by atoms with van der Waals surface area (Å²) in [7, 11) is 3.61. The summed E-state index contributed by atoms with van der Waals surface area (Å²) in [5.74, 6) is 0.840. The number of benzene rings is 1. The second-order valence-electron chi connectivity index (χ2n) is 3.90. The van der Waals surface area contributed by atoms with Gasteiger partial charge in [0.05, 0.1) is 12.1 Å². The topological polar surface area (TPSA) is 21.3 Å². The Morgan fingerprint density at radius 3 is 2.93 bits per heavy atom. The third-order valence-corrected chi connectivity index (χ3v) is 3.34. The summed E-state index contributed by atoms with van der Waals surface area (Å²) in [5.41, 5.74) is 3.84. The predicted octanol–water partition coefficient (Wildman–Crippen LogP) is 2.56. The standard InChI is InChI=1S/C12H16ClNO/c1-14-7-9-6-8-4-3-5-10(8)11(13)12(9)15-2/h6,14H,3-5,7H2,1-2H3. The van der Waals surface area contributed by atoms with Crippen LogP contribution in [0.2, 0.25) is 5.02 Å². The van der Waals surface area contributed by atoms with E-state index < -0.39 is 0 Å². The molecule has 2 nitrogen and oxygen atoms in total. The first-order valence-corrected chi connectivity index (χ1v) is 5.67. The first-order chi connectivity index (χ1) is 7.27. The Labute approximate surface area is 95.6 Å². The van der Waals surface area contributed by atoms with Crippen LogP contribution in [-0.2, 0) is 19.4 Å². The summed E-state index contributed by atoms with van der Waals surface area (Å²) in [6, 6.07) is 2.23. The number of nitrogens with one attached hydrogen (secondary N) is 1. The van der Waals surface area contributed by atoms with Gasteiger partial charge in [0.15, 0.2) is 0 Å². The number of ether oxygens (including phenoxy) is 1. The Balaban J connectivity index is 2.51. The molecule has 0 radical (unpaired) electrons. The highest BCUT2D eigenvalue weighted by molar-refractivity contribution is 6.33. The zero-order chi connectivity index (χ0) is 10.8. The Morgan fingerprint density at radius 1 is 1.47 bits per heavy atom. The van der Waals surface area contributed by atoms with Gasteiger partial charge in [-0.05, 0) is 37.4 Å². The lowest BCUT2D eigenvalue weighted by molar-refractivity contribution is 0.408. The summed E-state index contributed by atoms with van der Waals surface area (Å²) < 4.78 is 5.38. The van der Waals surface area contributed by atoms with Crippen LogP contribution < -0.4 is 10.1 Å². The molecule has 0 amide bonds. The van der Waals surface area contributed by atoms with E-state index in [2.05, 4.69) is 11.4 Å². The van der Waals surface area contributed by atoms with E-state index in [1.165, 1.54) is 17.5 Å². The molecule has 0 spiro atoms. The molecule has 82 valence electrons. The first kappa shape index (κ1) is 10.8. The zero-order valence-corrected chi connectivity index (χ0v) is 9.95. The molecule has 0 bridgehead atoms. The zero-order valence-electron chi connectivity index (χ0n) is 9.19. The minimum absolute atomic E-state index is 0.802. The maximum absolute atomic E-state index is 6.34. The largest absolute Gasteiger partial charge is 0.495 e. The van der Waals surface area contributed by atoms with Gasteiger partial charge in [0.1, 0.15) is 5.75 Å². The van der Waals surface area contributed by atoms with Crippen LogP contribution in [0.4, 0.5) is 0 Å². The van der Waals surface area contributed by atoms with Gasteiger partial charge in [-0.3, -0.25) is 0 Å². The Kier molecular flexibility index (Phi) is 3.17. The van der Waals surface area contributed by atoms with Gasteiger partial charge in [-0.15, -0.1) is 0 Å². The minimum atomic E-state index is 0.802. The molecule has 0 atom stereocenters. The molecule has 3 heteroatoms. The van der Waals surface area contributed by atoms with Gasteiger partial charge in [-0.1, -0.05) is 17.7 Å². The number of rotatable bonds is 3. The number of fused-ring (bicyclic) bond motifs is 1. The average molecular weight is 226 g/mol. The quantitative estimate of drug-likeness (QED) is 0.854. The molecule has 0 saturated carbocycles. The molecule has 1 aliphatic rings. The van der Waals surface area contributed by atoms with E-state index in [1.54, 1.807) is 7.11 Å². The van der Waals surface area contributed by atoms with Crippen molar-refractivity contribution in [2.75, 3.05) is 14.2 Å². The molecule has 15 heavy (non-hydrogen) atoms. The van der Waals surface area contributed by atoms with E-state index in [9.17, 15) is 0 Å².